The molecule has 6 rings (SSSR count). The number of nitrogens with one attached hydrogen (secondary N) is 3. The van der Waals surface area contributed by atoms with Crippen LogP contribution < -0.4 is 25.8 Å². The molecule has 3 aliphatic rings. The Bertz CT molecular complexity index is 1210. The van der Waals surface area contributed by atoms with Crippen LogP contribution in [0.3, 0.4) is 0 Å². The molecule has 1 saturated heterocycles. The second-order valence-corrected chi connectivity index (χ2v) is 10.6. The quantitative estimate of drug-likeness (QED) is 0.477. The molecule has 3 N–H and O–H groups in total. The third-order valence-corrected chi connectivity index (χ3v) is 8.57. The Kier molecular flexibility index (Phi) is 5.28. The first-order valence-corrected chi connectivity index (χ1v) is 12.9. The van der Waals surface area contributed by atoms with Crippen molar-refractivity contribution in [3.63, 3.8) is 0 Å². The molecule has 1 amide bonds. The van der Waals surface area contributed by atoms with E-state index in [4.69, 9.17) is 4.74 Å². The number of thiophene rings is 1. The molecule has 1 unspecified atom stereocenters. The Morgan fingerprint density at radius 2 is 2.18 bits per heavy atom. The van der Waals surface area contributed by atoms with E-state index in [0.717, 1.165) is 35.4 Å². The first-order chi connectivity index (χ1) is 16.1. The van der Waals surface area contributed by atoms with Crippen molar-refractivity contribution < 1.29 is 9.53 Å². The van der Waals surface area contributed by atoms with E-state index < -0.39 is 0 Å². The van der Waals surface area contributed by atoms with Crippen LogP contribution in [0.5, 0.6) is 5.75 Å². The van der Waals surface area contributed by atoms with Gasteiger partial charge >= 0.3 is 0 Å². The number of nitrogens with zero attached hydrogens (tertiary/aromatic N) is 4. The van der Waals surface area contributed by atoms with Crippen LogP contribution in [0.2, 0.25) is 0 Å². The molecule has 2 aliphatic heterocycles. The number of benzene rings is 1. The van der Waals surface area contributed by atoms with Crippen LogP contribution in [-0.4, -0.2) is 40.2 Å². The number of carbonyl (C=O) groups excluding carboxylic acids is 1. The first-order valence-electron chi connectivity index (χ1n) is 11.1. The van der Waals surface area contributed by atoms with Crippen molar-refractivity contribution in [3.05, 3.63) is 40.3 Å². The van der Waals surface area contributed by atoms with Crippen LogP contribution in [-0.2, 0) is 17.6 Å². The second kappa shape index (κ2) is 8.32. The van der Waals surface area contributed by atoms with E-state index in [1.165, 1.54) is 39.2 Å². The zero-order valence-corrected chi connectivity index (χ0v) is 20.1. The van der Waals surface area contributed by atoms with E-state index >= 15 is 0 Å². The number of hydrogen-bond acceptors (Lipinski definition) is 9. The number of methoxy groups -OCH3 is 1. The largest absolute Gasteiger partial charge is 0.497 e. The summed E-state index contributed by atoms with van der Waals surface area (Å²) in [5.74, 6) is 2.37. The Morgan fingerprint density at radius 1 is 1.33 bits per heavy atom. The third kappa shape index (κ3) is 3.59. The molecule has 33 heavy (non-hydrogen) atoms. The molecular formula is C22H25N7O2S2. The summed E-state index contributed by atoms with van der Waals surface area (Å²) in [4.78, 5) is 14.1. The van der Waals surface area contributed by atoms with Gasteiger partial charge in [0.1, 0.15) is 16.9 Å². The molecule has 1 aliphatic carbocycles. The maximum Gasteiger partial charge on any atom is 0.249 e. The molecule has 172 valence electrons. The molecule has 0 saturated carbocycles. The van der Waals surface area contributed by atoms with E-state index in [1.54, 1.807) is 7.11 Å². The average molecular weight is 484 g/mol. The summed E-state index contributed by atoms with van der Waals surface area (Å²) in [6.45, 7) is 3.02. The molecule has 0 bridgehead atoms. The van der Waals surface area contributed by atoms with E-state index in [9.17, 15) is 4.79 Å². The summed E-state index contributed by atoms with van der Waals surface area (Å²) in [5, 5.41) is 19.4. The molecule has 9 nitrogen and oxygen atoms in total. The van der Waals surface area contributed by atoms with Crippen molar-refractivity contribution in [1.82, 2.24) is 25.5 Å². The maximum absolute atomic E-state index is 12.6. The number of anilines is 2. The Morgan fingerprint density at radius 3 is 3.00 bits per heavy atom. The standard InChI is InChI=1S/C22H25N7O2S2/c1-12-3-8-16-15(9-12)18-19-23-11-24-29(19)21-26-27-22(28(21)20(18)33-16)32-10-17(30)25-13-4-6-14(31-2)7-5-13/h4-7,12,19,23-24H,3,8-11H2,1-2H3,(H,25,30)/t12-,19?/m1/s1. The van der Waals surface area contributed by atoms with Crippen molar-refractivity contribution >= 4 is 40.6 Å². The molecule has 1 aromatic carbocycles. The number of aryl methyl sites for hydroxylation is 1. The number of fused-ring (bicyclic) bond motifs is 8. The zero-order chi connectivity index (χ0) is 22.5. The number of hydrazine groups is 1. The van der Waals surface area contributed by atoms with Gasteiger partial charge in [0.2, 0.25) is 11.9 Å². The SMILES string of the molecule is COc1ccc(NC(=O)CSc2nnc3n2-c2sc4c(c2C2NCNN32)C[C@H](C)CC4)cc1. The van der Waals surface area contributed by atoms with E-state index in [0.29, 0.717) is 12.6 Å². The number of hydrogen-bond donors (Lipinski definition) is 3. The highest BCUT2D eigenvalue weighted by Gasteiger charge is 2.42. The molecule has 0 spiro atoms. The summed E-state index contributed by atoms with van der Waals surface area (Å²) in [6.07, 6.45) is 3.53. The van der Waals surface area contributed by atoms with E-state index in [-0.39, 0.29) is 17.8 Å². The number of carbonyl (C=O) groups is 1. The predicted octanol–water partition coefficient (Wildman–Crippen LogP) is 3.08. The molecule has 4 heterocycles. The smallest absolute Gasteiger partial charge is 0.249 e. The van der Waals surface area contributed by atoms with Gasteiger partial charge in [-0.3, -0.25) is 15.1 Å². The molecule has 3 aromatic rings. The molecule has 0 radical (unpaired) electrons. The number of ether oxygens (including phenoxy) is 1. The van der Waals surface area contributed by atoms with Gasteiger partial charge in [-0.25, -0.2) is 9.99 Å². The highest BCUT2D eigenvalue weighted by Crippen LogP contribution is 2.48. The number of thioether (sulfide) groups is 1. The van der Waals surface area contributed by atoms with Crippen LogP contribution >= 0.6 is 23.1 Å². The molecule has 1 fully saturated rings. The lowest BCUT2D eigenvalue weighted by molar-refractivity contribution is -0.113. The Labute approximate surface area is 199 Å². The van der Waals surface area contributed by atoms with E-state index in [1.807, 2.05) is 35.6 Å². The van der Waals surface area contributed by atoms with Gasteiger partial charge in [-0.05, 0) is 55.0 Å². The predicted molar refractivity (Wildman–Crippen MR) is 129 cm³/mol. The molecule has 2 atom stereocenters. The Balaban J connectivity index is 1.26. The average Bonchev–Trinajstić information content (AvgIpc) is 3.54. The fourth-order valence-electron chi connectivity index (χ4n) is 4.73. The van der Waals surface area contributed by atoms with Gasteiger partial charge in [-0.2, -0.15) is 0 Å². The normalized spacial score (nSPS) is 20.6. The fourth-order valence-corrected chi connectivity index (χ4v) is 6.90. The lowest BCUT2D eigenvalue weighted by Gasteiger charge is -2.31. The molecule has 11 heteroatoms. The van der Waals surface area contributed by atoms with Crippen molar-refractivity contribution in [2.75, 3.05) is 29.9 Å². The summed E-state index contributed by atoms with van der Waals surface area (Å²) < 4.78 is 7.29. The lowest BCUT2D eigenvalue weighted by atomic mass is 9.87. The Hall–Kier alpha value is -2.60. The summed E-state index contributed by atoms with van der Waals surface area (Å²) in [5.41, 5.74) is 6.94. The lowest BCUT2D eigenvalue weighted by Crippen LogP contribution is -2.39. The van der Waals surface area contributed by atoms with Crippen LogP contribution in [0.15, 0.2) is 29.4 Å². The van der Waals surface area contributed by atoms with Crippen molar-refractivity contribution in [3.8, 4) is 10.8 Å². The fraction of sp³-hybridized carbons (Fsp3) is 0.409. The molecular weight excluding hydrogens is 458 g/mol. The third-order valence-electron chi connectivity index (χ3n) is 6.35. The van der Waals surface area contributed by atoms with Crippen LogP contribution in [0.25, 0.3) is 5.00 Å². The van der Waals surface area contributed by atoms with Crippen molar-refractivity contribution in [2.24, 2.45) is 5.92 Å². The monoisotopic (exact) mass is 483 g/mol. The second-order valence-electron chi connectivity index (χ2n) is 8.57. The van der Waals surface area contributed by atoms with Gasteiger partial charge in [-0.15, -0.1) is 21.5 Å². The van der Waals surface area contributed by atoms with Crippen LogP contribution in [0, 0.1) is 5.92 Å². The topological polar surface area (TPSA) is 96.3 Å². The highest BCUT2D eigenvalue weighted by atomic mass is 32.2. The highest BCUT2D eigenvalue weighted by molar-refractivity contribution is 7.99. The van der Waals surface area contributed by atoms with Crippen LogP contribution in [0.4, 0.5) is 11.6 Å². The zero-order valence-electron chi connectivity index (χ0n) is 18.4. The minimum atomic E-state index is -0.0864. The van der Waals surface area contributed by atoms with Gasteiger partial charge in [-0.1, -0.05) is 18.7 Å². The first kappa shape index (κ1) is 21.0. The van der Waals surface area contributed by atoms with Gasteiger partial charge in [0, 0.05) is 16.1 Å². The minimum Gasteiger partial charge on any atom is -0.497 e. The summed E-state index contributed by atoms with van der Waals surface area (Å²) in [7, 11) is 1.62. The van der Waals surface area contributed by atoms with Crippen molar-refractivity contribution in [2.45, 2.75) is 37.5 Å². The number of rotatable bonds is 5. The van der Waals surface area contributed by atoms with Gasteiger partial charge in [0.25, 0.3) is 0 Å². The summed E-state index contributed by atoms with van der Waals surface area (Å²) >= 11 is 3.26. The minimum absolute atomic E-state index is 0.0678. The van der Waals surface area contributed by atoms with Crippen molar-refractivity contribution in [1.29, 1.82) is 0 Å². The maximum atomic E-state index is 12.6. The van der Waals surface area contributed by atoms with Gasteiger partial charge in [0.15, 0.2) is 5.16 Å². The van der Waals surface area contributed by atoms with Gasteiger partial charge < -0.3 is 10.1 Å². The molecule has 2 aromatic heterocycles. The number of aromatic nitrogens is 3. The number of amides is 1. The van der Waals surface area contributed by atoms with Gasteiger partial charge in [0.05, 0.1) is 19.5 Å². The summed E-state index contributed by atoms with van der Waals surface area (Å²) in [6, 6.07) is 7.31. The van der Waals surface area contributed by atoms with E-state index in [2.05, 4.69) is 42.8 Å². The van der Waals surface area contributed by atoms with Crippen LogP contribution in [0.1, 0.15) is 35.5 Å².